The summed E-state index contributed by atoms with van der Waals surface area (Å²) in [7, 11) is 3.16. The van der Waals surface area contributed by atoms with Crippen LogP contribution in [-0.2, 0) is 4.79 Å². The first kappa shape index (κ1) is 20.9. The predicted octanol–water partition coefficient (Wildman–Crippen LogP) is 4.83. The molecule has 0 aliphatic rings. The SMILES string of the molecule is COc1ccc(C=CC(=O)O)cc1Br.COc1ccc(C=O)cc1Br. The summed E-state index contributed by atoms with van der Waals surface area (Å²) >= 11 is 6.57. The summed E-state index contributed by atoms with van der Waals surface area (Å²) in [5, 5.41) is 8.42. The molecular weight excluding hydrogens is 456 g/mol. The molecular formula is C18H16Br2O5. The number of aldehydes is 1. The van der Waals surface area contributed by atoms with Gasteiger partial charge in [-0.2, -0.15) is 0 Å². The number of benzene rings is 2. The van der Waals surface area contributed by atoms with E-state index in [0.717, 1.165) is 38.4 Å². The highest BCUT2D eigenvalue weighted by Gasteiger charge is 2.00. The maximum atomic E-state index is 10.3. The number of rotatable bonds is 5. The second kappa shape index (κ2) is 10.7. The molecule has 0 aromatic heterocycles. The molecule has 0 amide bonds. The van der Waals surface area contributed by atoms with E-state index in [0.29, 0.717) is 5.56 Å². The van der Waals surface area contributed by atoms with Crippen LogP contribution in [0, 0.1) is 0 Å². The van der Waals surface area contributed by atoms with E-state index < -0.39 is 5.97 Å². The molecule has 2 rings (SSSR count). The van der Waals surface area contributed by atoms with Crippen LogP contribution >= 0.6 is 31.9 Å². The van der Waals surface area contributed by atoms with E-state index in [2.05, 4.69) is 31.9 Å². The number of ether oxygens (including phenoxy) is 2. The minimum absolute atomic E-state index is 0.637. The van der Waals surface area contributed by atoms with Crippen molar-refractivity contribution in [1.29, 1.82) is 0 Å². The molecule has 5 nitrogen and oxygen atoms in total. The first-order chi connectivity index (χ1) is 11.9. The molecule has 0 aliphatic carbocycles. The number of hydrogen-bond acceptors (Lipinski definition) is 4. The summed E-state index contributed by atoms with van der Waals surface area (Å²) in [5.74, 6) is 0.491. The first-order valence-electron chi connectivity index (χ1n) is 6.94. The molecule has 0 radical (unpaired) electrons. The lowest BCUT2D eigenvalue weighted by molar-refractivity contribution is -0.131. The third kappa shape index (κ3) is 7.11. The Labute approximate surface area is 162 Å². The maximum absolute atomic E-state index is 10.3. The highest BCUT2D eigenvalue weighted by molar-refractivity contribution is 9.10. The molecule has 25 heavy (non-hydrogen) atoms. The Kier molecular flexibility index (Phi) is 8.94. The number of aliphatic carboxylic acids is 1. The van der Waals surface area contributed by atoms with E-state index >= 15 is 0 Å². The Morgan fingerprint density at radius 1 is 0.960 bits per heavy atom. The van der Waals surface area contributed by atoms with Gasteiger partial charge in [0.25, 0.3) is 0 Å². The molecule has 0 heterocycles. The number of carbonyl (C=O) groups is 2. The molecule has 0 saturated carbocycles. The minimum atomic E-state index is -0.961. The van der Waals surface area contributed by atoms with Crippen molar-refractivity contribution in [3.63, 3.8) is 0 Å². The standard InChI is InChI=1S/C10H9BrO3.C8H7BrO2/c1-14-9-4-2-7(6-8(9)11)3-5-10(12)13;1-11-8-3-2-6(5-10)4-7(8)9/h2-6H,1H3,(H,12,13);2-5H,1H3. The van der Waals surface area contributed by atoms with Gasteiger partial charge in [-0.1, -0.05) is 6.07 Å². The molecule has 0 aliphatic heterocycles. The van der Waals surface area contributed by atoms with Gasteiger partial charge in [0.1, 0.15) is 17.8 Å². The Morgan fingerprint density at radius 2 is 1.44 bits per heavy atom. The highest BCUT2D eigenvalue weighted by Crippen LogP contribution is 2.26. The van der Waals surface area contributed by atoms with Crippen molar-refractivity contribution in [2.75, 3.05) is 14.2 Å². The molecule has 0 fully saturated rings. The fraction of sp³-hybridized carbons (Fsp3) is 0.111. The van der Waals surface area contributed by atoms with Crippen LogP contribution in [0.5, 0.6) is 11.5 Å². The minimum Gasteiger partial charge on any atom is -0.496 e. The lowest BCUT2D eigenvalue weighted by atomic mass is 10.2. The molecule has 0 unspecified atom stereocenters. The summed E-state index contributed by atoms with van der Waals surface area (Å²) < 4.78 is 11.6. The second-order valence-electron chi connectivity index (χ2n) is 4.58. The fourth-order valence-electron chi connectivity index (χ4n) is 1.71. The van der Waals surface area contributed by atoms with Gasteiger partial charge in [0.2, 0.25) is 0 Å². The zero-order valence-electron chi connectivity index (χ0n) is 13.5. The van der Waals surface area contributed by atoms with Crippen molar-refractivity contribution in [3.8, 4) is 11.5 Å². The molecule has 132 valence electrons. The van der Waals surface area contributed by atoms with Gasteiger partial charge in [-0.25, -0.2) is 4.79 Å². The predicted molar refractivity (Wildman–Crippen MR) is 103 cm³/mol. The van der Waals surface area contributed by atoms with Gasteiger partial charge in [-0.05, 0) is 73.8 Å². The number of carboxylic acids is 1. The van der Waals surface area contributed by atoms with Crippen molar-refractivity contribution in [1.82, 2.24) is 0 Å². The molecule has 1 N–H and O–H groups in total. The zero-order chi connectivity index (χ0) is 18.8. The number of methoxy groups -OCH3 is 2. The Bertz CT molecular complexity index is 772. The highest BCUT2D eigenvalue weighted by atomic mass is 79.9. The van der Waals surface area contributed by atoms with Crippen LogP contribution in [-0.4, -0.2) is 31.6 Å². The summed E-state index contributed by atoms with van der Waals surface area (Å²) in [6, 6.07) is 10.5. The van der Waals surface area contributed by atoms with E-state index in [1.165, 1.54) is 6.08 Å². The van der Waals surface area contributed by atoms with Crippen molar-refractivity contribution in [3.05, 3.63) is 62.5 Å². The van der Waals surface area contributed by atoms with E-state index in [1.54, 1.807) is 50.6 Å². The summed E-state index contributed by atoms with van der Waals surface area (Å²) in [6.45, 7) is 0. The Balaban J connectivity index is 0.000000257. The topological polar surface area (TPSA) is 72.8 Å². The van der Waals surface area contributed by atoms with Gasteiger partial charge < -0.3 is 14.6 Å². The molecule has 0 spiro atoms. The van der Waals surface area contributed by atoms with Gasteiger partial charge >= 0.3 is 5.97 Å². The van der Waals surface area contributed by atoms with Crippen molar-refractivity contribution in [2.45, 2.75) is 0 Å². The third-order valence-electron chi connectivity index (χ3n) is 2.91. The molecule has 0 saturated heterocycles. The lowest BCUT2D eigenvalue weighted by Crippen LogP contribution is -1.87. The summed E-state index contributed by atoms with van der Waals surface area (Å²) in [4.78, 5) is 20.6. The fourth-order valence-corrected chi connectivity index (χ4v) is 2.83. The first-order valence-corrected chi connectivity index (χ1v) is 8.53. The van der Waals surface area contributed by atoms with Gasteiger partial charge in [-0.3, -0.25) is 4.79 Å². The van der Waals surface area contributed by atoms with E-state index in [-0.39, 0.29) is 0 Å². The second-order valence-corrected chi connectivity index (χ2v) is 6.29. The number of halogens is 2. The maximum Gasteiger partial charge on any atom is 0.328 e. The normalized spacial score (nSPS) is 9.92. The number of hydrogen-bond donors (Lipinski definition) is 1. The van der Waals surface area contributed by atoms with E-state index in [4.69, 9.17) is 14.6 Å². The molecule has 2 aromatic carbocycles. The Morgan fingerprint density at radius 3 is 1.84 bits per heavy atom. The average Bonchev–Trinajstić information content (AvgIpc) is 2.60. The molecule has 2 aromatic rings. The van der Waals surface area contributed by atoms with Crippen LogP contribution in [0.2, 0.25) is 0 Å². The van der Waals surface area contributed by atoms with Crippen molar-refractivity contribution < 1.29 is 24.2 Å². The largest absolute Gasteiger partial charge is 0.496 e. The number of carboxylic acid groups (broad SMARTS) is 1. The quantitative estimate of drug-likeness (QED) is 0.499. The van der Waals surface area contributed by atoms with Gasteiger partial charge in [0.15, 0.2) is 0 Å². The van der Waals surface area contributed by atoms with Gasteiger partial charge in [-0.15, -0.1) is 0 Å². The van der Waals surface area contributed by atoms with Crippen LogP contribution in [0.15, 0.2) is 51.4 Å². The van der Waals surface area contributed by atoms with Crippen LogP contribution < -0.4 is 9.47 Å². The third-order valence-corrected chi connectivity index (χ3v) is 4.15. The summed E-state index contributed by atoms with van der Waals surface area (Å²) in [5.41, 5.74) is 1.44. The van der Waals surface area contributed by atoms with Crippen molar-refractivity contribution >= 4 is 50.2 Å². The van der Waals surface area contributed by atoms with Crippen LogP contribution in [0.1, 0.15) is 15.9 Å². The van der Waals surface area contributed by atoms with Crippen LogP contribution in [0.25, 0.3) is 6.08 Å². The average molecular weight is 472 g/mol. The summed E-state index contributed by atoms with van der Waals surface area (Å²) in [6.07, 6.45) is 3.41. The monoisotopic (exact) mass is 470 g/mol. The Hall–Kier alpha value is -2.12. The van der Waals surface area contributed by atoms with E-state index in [9.17, 15) is 9.59 Å². The van der Waals surface area contributed by atoms with Gasteiger partial charge in [0, 0.05) is 11.6 Å². The van der Waals surface area contributed by atoms with E-state index in [1.807, 2.05) is 0 Å². The van der Waals surface area contributed by atoms with Crippen LogP contribution in [0.4, 0.5) is 0 Å². The van der Waals surface area contributed by atoms with Gasteiger partial charge in [0.05, 0.1) is 23.2 Å². The smallest absolute Gasteiger partial charge is 0.328 e. The molecule has 0 atom stereocenters. The number of carbonyl (C=O) groups excluding carboxylic acids is 1. The van der Waals surface area contributed by atoms with Crippen LogP contribution in [0.3, 0.4) is 0 Å². The zero-order valence-corrected chi connectivity index (χ0v) is 16.7. The lowest BCUT2D eigenvalue weighted by Gasteiger charge is -2.02. The molecule has 7 heteroatoms. The van der Waals surface area contributed by atoms with Crippen molar-refractivity contribution in [2.24, 2.45) is 0 Å². The molecule has 0 bridgehead atoms.